The highest BCUT2D eigenvalue weighted by molar-refractivity contribution is 9.10. The maximum Gasteiger partial charge on any atom is 0.329 e. The number of hydrogen-bond acceptors (Lipinski definition) is 3. The van der Waals surface area contributed by atoms with Gasteiger partial charge in [0.05, 0.1) is 21.1 Å². The van der Waals surface area contributed by atoms with Gasteiger partial charge in [-0.15, -0.1) is 0 Å². The molecule has 5 nitrogen and oxygen atoms in total. The Morgan fingerprint density at radius 2 is 1.70 bits per heavy atom. The number of urea groups is 1. The van der Waals surface area contributed by atoms with Crippen molar-refractivity contribution in [3.63, 3.8) is 0 Å². The molecule has 0 spiro atoms. The van der Waals surface area contributed by atoms with Crippen LogP contribution in [-0.4, -0.2) is 16.8 Å². The van der Waals surface area contributed by atoms with Crippen molar-refractivity contribution in [2.24, 2.45) is 0 Å². The van der Waals surface area contributed by atoms with Crippen LogP contribution >= 0.6 is 39.1 Å². The van der Waals surface area contributed by atoms with Gasteiger partial charge >= 0.3 is 6.03 Å². The van der Waals surface area contributed by atoms with Crippen molar-refractivity contribution in [2.75, 3.05) is 0 Å². The molecule has 9 heteroatoms. The summed E-state index contributed by atoms with van der Waals surface area (Å²) < 4.78 is 19.6. The van der Waals surface area contributed by atoms with Crippen molar-refractivity contribution >= 4 is 57.1 Å². The number of imide groups is 1. The predicted molar refractivity (Wildman–Crippen MR) is 128 cm³/mol. The number of nitrogens with one attached hydrogen (secondary N) is 1. The first-order valence-corrected chi connectivity index (χ1v) is 11.3. The van der Waals surface area contributed by atoms with Crippen molar-refractivity contribution in [1.29, 1.82) is 0 Å². The lowest BCUT2D eigenvalue weighted by molar-refractivity contribution is -0.123. The molecule has 1 heterocycles. The summed E-state index contributed by atoms with van der Waals surface area (Å²) in [4.78, 5) is 26.0. The lowest BCUT2D eigenvalue weighted by Gasteiger charge is -2.11. The first-order valence-electron chi connectivity index (χ1n) is 9.75. The van der Waals surface area contributed by atoms with E-state index < -0.39 is 11.9 Å². The summed E-state index contributed by atoms with van der Waals surface area (Å²) in [6.07, 6.45) is 1.58. The van der Waals surface area contributed by atoms with E-state index in [-0.39, 0.29) is 18.1 Å². The number of benzene rings is 3. The van der Waals surface area contributed by atoms with Gasteiger partial charge in [-0.25, -0.2) is 9.18 Å². The Morgan fingerprint density at radius 3 is 2.39 bits per heavy atom. The third kappa shape index (κ3) is 5.55. The molecule has 4 rings (SSSR count). The molecule has 0 bridgehead atoms. The number of carbonyl (C=O) groups excluding carboxylic acids is 2. The van der Waals surface area contributed by atoms with Gasteiger partial charge < -0.3 is 10.1 Å². The maximum absolute atomic E-state index is 13.1. The van der Waals surface area contributed by atoms with E-state index in [1.165, 1.54) is 24.3 Å². The first kappa shape index (κ1) is 23.3. The van der Waals surface area contributed by atoms with Crippen LogP contribution in [0.5, 0.6) is 5.75 Å². The van der Waals surface area contributed by atoms with Crippen LogP contribution in [0, 0.1) is 5.82 Å². The highest BCUT2D eigenvalue weighted by Crippen LogP contribution is 2.29. The van der Waals surface area contributed by atoms with Crippen LogP contribution in [0.1, 0.15) is 16.7 Å². The standard InChI is InChI=1S/C24H16BrCl2FN2O3/c25-18-9-15(4-8-22(18)33-13-16-3-7-19(26)20(27)10-16)11-21-23(31)30(24(32)29-21)12-14-1-5-17(28)6-2-14/h1-11H,12-13H2,(H,29,32)/b21-11+. The third-order valence-corrected chi connectivity index (χ3v) is 6.22. The Kier molecular flexibility index (Phi) is 7.02. The van der Waals surface area contributed by atoms with Gasteiger partial charge in [-0.05, 0) is 75.1 Å². The number of nitrogens with zero attached hydrogens (tertiary/aromatic N) is 1. The molecule has 168 valence electrons. The van der Waals surface area contributed by atoms with E-state index >= 15 is 0 Å². The quantitative estimate of drug-likeness (QED) is 0.279. The number of rotatable bonds is 6. The van der Waals surface area contributed by atoms with Crippen molar-refractivity contribution < 1.29 is 18.7 Å². The normalized spacial score (nSPS) is 14.7. The predicted octanol–water partition coefficient (Wildman–Crippen LogP) is 6.57. The van der Waals surface area contributed by atoms with Crippen LogP contribution in [-0.2, 0) is 17.9 Å². The van der Waals surface area contributed by atoms with Crippen LogP contribution < -0.4 is 10.1 Å². The molecule has 3 aromatic rings. The average Bonchev–Trinajstić information content (AvgIpc) is 3.04. The van der Waals surface area contributed by atoms with Crippen molar-refractivity contribution in [2.45, 2.75) is 13.2 Å². The molecule has 3 aromatic carbocycles. The molecule has 0 unspecified atom stereocenters. The van der Waals surface area contributed by atoms with Crippen LogP contribution in [0.4, 0.5) is 9.18 Å². The summed E-state index contributed by atoms with van der Waals surface area (Å²) in [5, 5.41) is 3.51. The summed E-state index contributed by atoms with van der Waals surface area (Å²) in [5.41, 5.74) is 2.35. The Bertz CT molecular complexity index is 1270. The summed E-state index contributed by atoms with van der Waals surface area (Å²) in [6.45, 7) is 0.344. The summed E-state index contributed by atoms with van der Waals surface area (Å²) in [5.74, 6) is -0.241. The largest absolute Gasteiger partial charge is 0.488 e. The SMILES string of the molecule is O=C1N/C(=C/c2ccc(OCc3ccc(Cl)c(Cl)c3)c(Br)c2)C(=O)N1Cc1ccc(F)cc1. The van der Waals surface area contributed by atoms with E-state index in [0.717, 1.165) is 10.5 Å². The zero-order chi connectivity index (χ0) is 23.5. The molecular weight excluding hydrogens is 534 g/mol. The second-order valence-electron chi connectivity index (χ2n) is 7.23. The van der Waals surface area contributed by atoms with E-state index in [0.29, 0.717) is 38.0 Å². The molecule has 0 aliphatic carbocycles. The van der Waals surface area contributed by atoms with Gasteiger partial charge in [0.15, 0.2) is 0 Å². The topological polar surface area (TPSA) is 58.6 Å². The highest BCUT2D eigenvalue weighted by Gasteiger charge is 2.33. The van der Waals surface area contributed by atoms with Gasteiger partial charge in [-0.3, -0.25) is 9.69 Å². The van der Waals surface area contributed by atoms with Gasteiger partial charge in [0.2, 0.25) is 0 Å². The van der Waals surface area contributed by atoms with E-state index in [2.05, 4.69) is 21.2 Å². The second kappa shape index (κ2) is 9.95. The molecule has 1 fully saturated rings. The van der Waals surface area contributed by atoms with E-state index in [4.69, 9.17) is 27.9 Å². The maximum atomic E-state index is 13.1. The molecule has 1 aliphatic rings. The summed E-state index contributed by atoms with van der Waals surface area (Å²) in [7, 11) is 0. The van der Waals surface area contributed by atoms with Crippen LogP contribution in [0.25, 0.3) is 6.08 Å². The zero-order valence-electron chi connectivity index (χ0n) is 16.9. The Morgan fingerprint density at radius 1 is 0.970 bits per heavy atom. The highest BCUT2D eigenvalue weighted by atomic mass is 79.9. The Labute approximate surface area is 207 Å². The molecule has 33 heavy (non-hydrogen) atoms. The smallest absolute Gasteiger partial charge is 0.329 e. The number of halogens is 4. The van der Waals surface area contributed by atoms with Gasteiger partial charge in [0.1, 0.15) is 23.9 Å². The summed E-state index contributed by atoms with van der Waals surface area (Å²) in [6, 6.07) is 15.7. The minimum Gasteiger partial charge on any atom is -0.488 e. The lowest BCUT2D eigenvalue weighted by atomic mass is 10.1. The fourth-order valence-electron chi connectivity index (χ4n) is 3.17. The first-order chi connectivity index (χ1) is 15.8. The average molecular weight is 550 g/mol. The van der Waals surface area contributed by atoms with Gasteiger partial charge in [-0.1, -0.05) is 47.5 Å². The van der Waals surface area contributed by atoms with Gasteiger partial charge in [0.25, 0.3) is 5.91 Å². The number of hydrogen-bond donors (Lipinski definition) is 1. The minimum absolute atomic E-state index is 0.0491. The monoisotopic (exact) mass is 548 g/mol. The number of carbonyl (C=O) groups is 2. The molecule has 0 radical (unpaired) electrons. The number of amides is 3. The third-order valence-electron chi connectivity index (χ3n) is 4.86. The fourth-order valence-corrected chi connectivity index (χ4v) is 4.00. The molecule has 1 aliphatic heterocycles. The van der Waals surface area contributed by atoms with Gasteiger partial charge in [-0.2, -0.15) is 0 Å². The minimum atomic E-state index is -0.531. The van der Waals surface area contributed by atoms with Crippen molar-refractivity contribution in [3.8, 4) is 5.75 Å². The molecule has 0 saturated carbocycles. The van der Waals surface area contributed by atoms with Crippen molar-refractivity contribution in [1.82, 2.24) is 10.2 Å². The van der Waals surface area contributed by atoms with E-state index in [1.54, 1.807) is 36.4 Å². The van der Waals surface area contributed by atoms with E-state index in [9.17, 15) is 14.0 Å². The molecule has 1 saturated heterocycles. The van der Waals surface area contributed by atoms with Crippen LogP contribution in [0.3, 0.4) is 0 Å². The van der Waals surface area contributed by atoms with Gasteiger partial charge in [0, 0.05) is 0 Å². The van der Waals surface area contributed by atoms with Crippen LogP contribution in [0.15, 0.2) is 70.8 Å². The molecule has 0 atom stereocenters. The lowest BCUT2D eigenvalue weighted by Crippen LogP contribution is -2.30. The molecular formula is C24H16BrCl2FN2O3. The zero-order valence-corrected chi connectivity index (χ0v) is 20.0. The second-order valence-corrected chi connectivity index (χ2v) is 8.90. The van der Waals surface area contributed by atoms with E-state index in [1.807, 2.05) is 6.07 Å². The Hall–Kier alpha value is -2.87. The molecule has 1 N–H and O–H groups in total. The molecule has 3 amide bonds. The van der Waals surface area contributed by atoms with Crippen molar-refractivity contribution in [3.05, 3.63) is 103 Å². The number of ether oxygens (including phenoxy) is 1. The Balaban J connectivity index is 1.44. The van der Waals surface area contributed by atoms with Crippen LogP contribution in [0.2, 0.25) is 10.0 Å². The fraction of sp³-hybridized carbons (Fsp3) is 0.0833. The molecule has 0 aromatic heterocycles. The summed E-state index contributed by atoms with van der Waals surface area (Å²) >= 11 is 15.4.